The van der Waals surface area contributed by atoms with Crippen LogP contribution in [0.25, 0.3) is 0 Å². The summed E-state index contributed by atoms with van der Waals surface area (Å²) in [5.41, 5.74) is -0.723. The van der Waals surface area contributed by atoms with Gasteiger partial charge in [-0.1, -0.05) is 18.2 Å². The molecule has 0 saturated carbocycles. The fourth-order valence-electron chi connectivity index (χ4n) is 2.33. The maximum Gasteiger partial charge on any atom is 0.191 e. The quantitative estimate of drug-likeness (QED) is 0.307. The Balaban J connectivity index is 1.75. The molecule has 3 N–H and O–H groups in total. The molecule has 0 spiro atoms. The third-order valence-corrected chi connectivity index (χ3v) is 4.72. The number of aliphatic imine (C=N–C) groups is 1. The number of thioether (sulfide) groups is 1. The smallest absolute Gasteiger partial charge is 0.191 e. The van der Waals surface area contributed by atoms with E-state index >= 15 is 0 Å². The first-order chi connectivity index (χ1) is 11.2. The Labute approximate surface area is 142 Å². The van der Waals surface area contributed by atoms with Crippen LogP contribution in [0, 0.1) is 0 Å². The third kappa shape index (κ3) is 6.81. The summed E-state index contributed by atoms with van der Waals surface area (Å²) in [7, 11) is 0. The molecule has 1 heterocycles. The van der Waals surface area contributed by atoms with Crippen LogP contribution in [0.5, 0.6) is 0 Å². The average molecular weight is 337 g/mol. The third-order valence-electron chi connectivity index (χ3n) is 3.71. The van der Waals surface area contributed by atoms with Gasteiger partial charge in [0.2, 0.25) is 0 Å². The summed E-state index contributed by atoms with van der Waals surface area (Å²) in [4.78, 5) is 5.80. The molecule has 0 unspecified atom stereocenters. The zero-order valence-corrected chi connectivity index (χ0v) is 14.6. The van der Waals surface area contributed by atoms with Gasteiger partial charge < -0.3 is 20.5 Å². The second-order valence-electron chi connectivity index (χ2n) is 5.62. The van der Waals surface area contributed by atoms with Crippen LogP contribution in [0.3, 0.4) is 0 Å². The minimum atomic E-state index is -0.723. The van der Waals surface area contributed by atoms with Crippen LogP contribution in [0.1, 0.15) is 19.8 Å². The summed E-state index contributed by atoms with van der Waals surface area (Å²) in [6.07, 6.45) is 1.31. The van der Waals surface area contributed by atoms with Crippen molar-refractivity contribution in [2.24, 2.45) is 4.99 Å². The summed E-state index contributed by atoms with van der Waals surface area (Å²) < 4.78 is 5.30. The van der Waals surface area contributed by atoms with Crippen molar-refractivity contribution < 1.29 is 9.84 Å². The summed E-state index contributed by atoms with van der Waals surface area (Å²) in [6.45, 7) is 5.32. The number of hydrogen-bond acceptors (Lipinski definition) is 4. The maximum absolute atomic E-state index is 10.5. The van der Waals surface area contributed by atoms with Crippen molar-refractivity contribution in [1.82, 2.24) is 10.6 Å². The molecule has 0 amide bonds. The lowest BCUT2D eigenvalue weighted by Crippen LogP contribution is -2.43. The monoisotopic (exact) mass is 337 g/mol. The summed E-state index contributed by atoms with van der Waals surface area (Å²) in [5, 5.41) is 17.0. The van der Waals surface area contributed by atoms with Gasteiger partial charge in [-0.25, -0.2) is 0 Å². The molecule has 2 rings (SSSR count). The number of benzene rings is 1. The van der Waals surface area contributed by atoms with Crippen LogP contribution in [-0.2, 0) is 4.74 Å². The highest BCUT2D eigenvalue weighted by molar-refractivity contribution is 7.99. The Morgan fingerprint density at radius 2 is 2.00 bits per heavy atom. The van der Waals surface area contributed by atoms with E-state index in [1.807, 2.05) is 24.8 Å². The van der Waals surface area contributed by atoms with Gasteiger partial charge in [0.1, 0.15) is 0 Å². The topological polar surface area (TPSA) is 65.9 Å². The number of rotatable bonds is 7. The lowest BCUT2D eigenvalue weighted by Gasteiger charge is -2.30. The Bertz CT molecular complexity index is 476. The molecule has 1 fully saturated rings. The van der Waals surface area contributed by atoms with Crippen molar-refractivity contribution in [1.29, 1.82) is 0 Å². The predicted molar refractivity (Wildman–Crippen MR) is 96.2 cm³/mol. The van der Waals surface area contributed by atoms with Gasteiger partial charge in [0.05, 0.1) is 12.1 Å². The van der Waals surface area contributed by atoms with Crippen molar-refractivity contribution >= 4 is 17.7 Å². The fraction of sp³-hybridized carbons (Fsp3) is 0.588. The largest absolute Gasteiger partial charge is 0.388 e. The molecular formula is C17H27N3O2S. The highest BCUT2D eigenvalue weighted by Gasteiger charge is 2.29. The Morgan fingerprint density at radius 3 is 2.70 bits per heavy atom. The average Bonchev–Trinajstić information content (AvgIpc) is 2.58. The summed E-state index contributed by atoms with van der Waals surface area (Å²) in [6, 6.07) is 10.4. The van der Waals surface area contributed by atoms with E-state index in [2.05, 4.69) is 39.9 Å². The molecule has 1 aromatic rings. The van der Waals surface area contributed by atoms with Crippen molar-refractivity contribution in [3.8, 4) is 0 Å². The van der Waals surface area contributed by atoms with E-state index in [-0.39, 0.29) is 0 Å². The zero-order valence-electron chi connectivity index (χ0n) is 13.8. The van der Waals surface area contributed by atoms with Gasteiger partial charge >= 0.3 is 0 Å². The van der Waals surface area contributed by atoms with Gasteiger partial charge in [-0.15, -0.1) is 11.8 Å². The number of guanidine groups is 1. The number of nitrogens with one attached hydrogen (secondary N) is 2. The first-order valence-corrected chi connectivity index (χ1v) is 9.20. The predicted octanol–water partition coefficient (Wildman–Crippen LogP) is 1.88. The Kier molecular flexibility index (Phi) is 7.71. The molecule has 0 atom stereocenters. The SMILES string of the molecule is CCNC(=NCC1(O)CCOCC1)NCCSc1ccccc1. The van der Waals surface area contributed by atoms with Crippen LogP contribution in [0.15, 0.2) is 40.2 Å². The van der Waals surface area contributed by atoms with E-state index in [0.29, 0.717) is 32.6 Å². The second-order valence-corrected chi connectivity index (χ2v) is 6.79. The number of aliphatic hydroxyl groups is 1. The molecule has 128 valence electrons. The van der Waals surface area contributed by atoms with Crippen molar-refractivity contribution in [3.05, 3.63) is 30.3 Å². The van der Waals surface area contributed by atoms with Crippen LogP contribution in [0.4, 0.5) is 0 Å². The Morgan fingerprint density at radius 1 is 1.26 bits per heavy atom. The van der Waals surface area contributed by atoms with E-state index in [0.717, 1.165) is 24.8 Å². The second kappa shape index (κ2) is 9.80. The van der Waals surface area contributed by atoms with Gasteiger partial charge in [0.25, 0.3) is 0 Å². The number of ether oxygens (including phenoxy) is 1. The van der Waals surface area contributed by atoms with Gasteiger partial charge in [0.15, 0.2) is 5.96 Å². The highest BCUT2D eigenvalue weighted by atomic mass is 32.2. The molecule has 1 aliphatic rings. The maximum atomic E-state index is 10.5. The normalized spacial score (nSPS) is 17.7. The minimum absolute atomic E-state index is 0.414. The van der Waals surface area contributed by atoms with E-state index in [1.54, 1.807) is 0 Å². The number of hydrogen-bond donors (Lipinski definition) is 3. The summed E-state index contributed by atoms with van der Waals surface area (Å²) >= 11 is 1.81. The van der Waals surface area contributed by atoms with Crippen LogP contribution >= 0.6 is 11.8 Å². The van der Waals surface area contributed by atoms with Crippen LogP contribution < -0.4 is 10.6 Å². The molecule has 1 aliphatic heterocycles. The van der Waals surface area contributed by atoms with E-state index in [1.165, 1.54) is 4.90 Å². The highest BCUT2D eigenvalue weighted by Crippen LogP contribution is 2.20. The molecule has 1 saturated heterocycles. The Hall–Kier alpha value is -1.24. The molecule has 0 radical (unpaired) electrons. The molecule has 0 aromatic heterocycles. The zero-order chi connectivity index (χ0) is 16.4. The molecule has 6 heteroatoms. The molecule has 0 bridgehead atoms. The van der Waals surface area contributed by atoms with Gasteiger partial charge in [0, 0.05) is 49.8 Å². The fourth-order valence-corrected chi connectivity index (χ4v) is 3.12. The molecule has 0 aliphatic carbocycles. The lowest BCUT2D eigenvalue weighted by molar-refractivity contribution is -0.0565. The summed E-state index contributed by atoms with van der Waals surface area (Å²) in [5.74, 6) is 1.73. The van der Waals surface area contributed by atoms with Gasteiger partial charge in [-0.05, 0) is 19.1 Å². The molecule has 1 aromatic carbocycles. The van der Waals surface area contributed by atoms with E-state index in [9.17, 15) is 5.11 Å². The molecule has 23 heavy (non-hydrogen) atoms. The van der Waals surface area contributed by atoms with E-state index in [4.69, 9.17) is 4.74 Å². The van der Waals surface area contributed by atoms with Gasteiger partial charge in [-0.2, -0.15) is 0 Å². The van der Waals surface area contributed by atoms with Crippen LogP contribution in [0.2, 0.25) is 0 Å². The van der Waals surface area contributed by atoms with Crippen molar-refractivity contribution in [2.75, 3.05) is 38.6 Å². The molecular weight excluding hydrogens is 310 g/mol. The van der Waals surface area contributed by atoms with Crippen molar-refractivity contribution in [2.45, 2.75) is 30.3 Å². The van der Waals surface area contributed by atoms with Crippen molar-refractivity contribution in [3.63, 3.8) is 0 Å². The van der Waals surface area contributed by atoms with Crippen LogP contribution in [-0.4, -0.2) is 55.3 Å². The molecule has 5 nitrogen and oxygen atoms in total. The first kappa shape index (κ1) is 18.1. The minimum Gasteiger partial charge on any atom is -0.388 e. The van der Waals surface area contributed by atoms with Gasteiger partial charge in [-0.3, -0.25) is 4.99 Å². The first-order valence-electron chi connectivity index (χ1n) is 8.22. The lowest BCUT2D eigenvalue weighted by atomic mass is 9.95. The standard InChI is InChI=1S/C17H27N3O2S/c1-2-18-16(20-14-17(21)8-11-22-12-9-17)19-10-13-23-15-6-4-3-5-7-15/h3-7,21H,2,8-14H2,1H3,(H2,18,19,20). The van der Waals surface area contributed by atoms with E-state index < -0.39 is 5.60 Å². The number of nitrogens with zero attached hydrogens (tertiary/aromatic N) is 1.